The Kier molecular flexibility index (Phi) is 5.70. The van der Waals surface area contributed by atoms with Crippen molar-refractivity contribution in [1.82, 2.24) is 15.2 Å². The maximum Gasteiger partial charge on any atom is 0.319 e. The molecule has 198 valence electrons. The van der Waals surface area contributed by atoms with Crippen molar-refractivity contribution in [3.8, 4) is 5.88 Å². The summed E-state index contributed by atoms with van der Waals surface area (Å²) in [5.74, 6) is 0.571. The fraction of sp³-hybridized carbons (Fsp3) is 0.414. The van der Waals surface area contributed by atoms with Gasteiger partial charge < -0.3 is 25.2 Å². The first-order chi connectivity index (χ1) is 18.2. The Labute approximate surface area is 221 Å². The van der Waals surface area contributed by atoms with Crippen LogP contribution in [0.15, 0.2) is 60.5 Å². The van der Waals surface area contributed by atoms with E-state index in [0.717, 1.165) is 11.3 Å². The van der Waals surface area contributed by atoms with Crippen molar-refractivity contribution >= 4 is 23.4 Å². The van der Waals surface area contributed by atoms with Crippen molar-refractivity contribution in [3.05, 3.63) is 71.6 Å². The second kappa shape index (κ2) is 8.85. The molecule has 4 aliphatic rings. The lowest BCUT2D eigenvalue weighted by Crippen LogP contribution is -2.57. The van der Waals surface area contributed by atoms with Crippen molar-refractivity contribution in [3.63, 3.8) is 0 Å². The summed E-state index contributed by atoms with van der Waals surface area (Å²) in [7, 11) is 1.54. The third-order valence-corrected chi connectivity index (χ3v) is 8.49. The quantitative estimate of drug-likeness (QED) is 0.621. The van der Waals surface area contributed by atoms with Gasteiger partial charge in [0.2, 0.25) is 5.88 Å². The van der Waals surface area contributed by atoms with Gasteiger partial charge in [-0.2, -0.15) is 4.98 Å². The van der Waals surface area contributed by atoms with Gasteiger partial charge in [0.1, 0.15) is 11.6 Å². The molecule has 3 amide bonds. The van der Waals surface area contributed by atoms with Crippen LogP contribution in [0.25, 0.3) is 0 Å². The number of allylic oxidation sites excluding steroid dienone is 2. The highest BCUT2D eigenvalue weighted by atomic mass is 19.1. The molecule has 3 aliphatic heterocycles. The first kappa shape index (κ1) is 24.5. The van der Waals surface area contributed by atoms with Crippen LogP contribution in [0.2, 0.25) is 0 Å². The lowest BCUT2D eigenvalue weighted by atomic mass is 9.77. The minimum absolute atomic E-state index is 0.0824. The smallest absolute Gasteiger partial charge is 0.319 e. The lowest BCUT2D eigenvalue weighted by Gasteiger charge is -2.46. The van der Waals surface area contributed by atoms with E-state index in [2.05, 4.69) is 40.4 Å². The molecule has 1 aromatic heterocycles. The number of methoxy groups -OCH3 is 1. The maximum atomic E-state index is 14.0. The van der Waals surface area contributed by atoms with Gasteiger partial charge in [-0.1, -0.05) is 38.1 Å². The summed E-state index contributed by atoms with van der Waals surface area (Å²) in [4.78, 5) is 34.8. The minimum Gasteiger partial charge on any atom is -0.481 e. The van der Waals surface area contributed by atoms with Gasteiger partial charge in [0, 0.05) is 48.4 Å². The molecule has 0 bridgehead atoms. The van der Waals surface area contributed by atoms with Crippen LogP contribution >= 0.6 is 0 Å². The number of ether oxygens (including phenoxy) is 1. The van der Waals surface area contributed by atoms with E-state index in [1.54, 1.807) is 25.3 Å². The Balaban J connectivity index is 1.26. The van der Waals surface area contributed by atoms with Crippen molar-refractivity contribution in [2.45, 2.75) is 38.3 Å². The number of urea groups is 1. The summed E-state index contributed by atoms with van der Waals surface area (Å²) in [6.07, 6.45) is 6.28. The normalized spacial score (nSPS) is 24.7. The molecule has 38 heavy (non-hydrogen) atoms. The Morgan fingerprint density at radius 2 is 1.95 bits per heavy atom. The van der Waals surface area contributed by atoms with Gasteiger partial charge in [0.05, 0.1) is 18.7 Å². The number of nitrogens with one attached hydrogen (secondary N) is 2. The molecule has 2 aromatic rings. The number of carbonyl (C=O) groups is 2. The summed E-state index contributed by atoms with van der Waals surface area (Å²) < 4.78 is 19.5. The van der Waals surface area contributed by atoms with Gasteiger partial charge >= 0.3 is 6.03 Å². The average molecular weight is 518 g/mol. The zero-order chi connectivity index (χ0) is 26.7. The highest BCUT2D eigenvalue weighted by Gasteiger charge is 2.48. The van der Waals surface area contributed by atoms with Crippen LogP contribution in [0.3, 0.4) is 0 Å². The number of pyridine rings is 1. The monoisotopic (exact) mass is 517 g/mol. The highest BCUT2D eigenvalue weighted by Crippen LogP contribution is 2.45. The van der Waals surface area contributed by atoms with E-state index in [1.807, 2.05) is 29.2 Å². The second-order valence-electron chi connectivity index (χ2n) is 11.3. The van der Waals surface area contributed by atoms with Gasteiger partial charge in [-0.15, -0.1) is 0 Å². The Bertz CT molecular complexity index is 1360. The molecular formula is C29H32FN5O3. The Morgan fingerprint density at radius 1 is 1.18 bits per heavy atom. The number of aromatic nitrogens is 1. The molecule has 2 atom stereocenters. The predicted octanol–water partition coefficient (Wildman–Crippen LogP) is 4.61. The molecule has 2 fully saturated rings. The first-order valence-corrected chi connectivity index (χ1v) is 13.1. The molecule has 2 saturated heterocycles. The van der Waals surface area contributed by atoms with Gasteiger partial charge in [-0.3, -0.25) is 4.79 Å². The molecule has 0 saturated carbocycles. The number of halogens is 1. The number of para-hydroxylation sites is 1. The van der Waals surface area contributed by atoms with Crippen LogP contribution < -0.4 is 20.3 Å². The molecule has 6 rings (SSSR count). The number of fused-ring (bicyclic) bond motifs is 3. The van der Waals surface area contributed by atoms with E-state index in [4.69, 9.17) is 4.74 Å². The number of likely N-dealkylation sites (tertiary alicyclic amines) is 1. The third-order valence-electron chi connectivity index (χ3n) is 8.49. The SMILES string of the molecule is COc1cc(C(=O)N2CC(C)(C)C3C=C(F)C=CC32)cc(N2CCC3(CC2)NC(=O)Nc2ccccc23)n1. The van der Waals surface area contributed by atoms with Crippen LogP contribution in [-0.4, -0.2) is 54.6 Å². The zero-order valence-electron chi connectivity index (χ0n) is 21.8. The third kappa shape index (κ3) is 4.01. The number of amides is 3. The van der Waals surface area contributed by atoms with Crippen molar-refractivity contribution in [2.24, 2.45) is 11.3 Å². The number of carbonyl (C=O) groups excluding carboxylic acids is 2. The molecule has 4 heterocycles. The number of anilines is 2. The summed E-state index contributed by atoms with van der Waals surface area (Å²) >= 11 is 0. The number of hydrogen-bond acceptors (Lipinski definition) is 5. The standard InChI is InChI=1S/C29H32FN5O3/c1-28(2)17-35(23-9-8-19(30)16-21(23)28)26(36)18-14-24(32-25(15-18)38-3)34-12-10-29(11-13-34)20-6-4-5-7-22(20)31-27(37)33-29/h4-9,14-16,21,23H,10-13,17H2,1-3H3,(H2,31,33,37). The molecule has 0 radical (unpaired) electrons. The lowest BCUT2D eigenvalue weighted by molar-refractivity contribution is 0.0745. The van der Waals surface area contributed by atoms with E-state index in [0.29, 0.717) is 49.7 Å². The fourth-order valence-corrected chi connectivity index (χ4v) is 6.49. The molecule has 1 aliphatic carbocycles. The fourth-order valence-electron chi connectivity index (χ4n) is 6.49. The zero-order valence-corrected chi connectivity index (χ0v) is 21.8. The van der Waals surface area contributed by atoms with Crippen LogP contribution in [0.5, 0.6) is 5.88 Å². The summed E-state index contributed by atoms with van der Waals surface area (Å²) in [6, 6.07) is 11.0. The largest absolute Gasteiger partial charge is 0.481 e. The topological polar surface area (TPSA) is 86.8 Å². The number of piperidine rings is 1. The van der Waals surface area contributed by atoms with Gasteiger partial charge in [0.25, 0.3) is 5.91 Å². The Hall–Kier alpha value is -3.88. The second-order valence-corrected chi connectivity index (χ2v) is 11.3. The van der Waals surface area contributed by atoms with E-state index in [1.165, 1.54) is 6.08 Å². The van der Waals surface area contributed by atoms with Gasteiger partial charge in [0.15, 0.2) is 0 Å². The number of nitrogens with zero attached hydrogens (tertiary/aromatic N) is 3. The van der Waals surface area contributed by atoms with Crippen LogP contribution in [0.1, 0.15) is 42.6 Å². The van der Waals surface area contributed by atoms with E-state index in [9.17, 15) is 14.0 Å². The van der Waals surface area contributed by atoms with Crippen LogP contribution in [0, 0.1) is 11.3 Å². The molecular weight excluding hydrogens is 485 g/mol. The summed E-state index contributed by atoms with van der Waals surface area (Å²) in [5, 5.41) is 6.07. The maximum absolute atomic E-state index is 14.0. The molecule has 2 unspecified atom stereocenters. The minimum atomic E-state index is -0.445. The van der Waals surface area contributed by atoms with E-state index >= 15 is 0 Å². The number of rotatable bonds is 3. The van der Waals surface area contributed by atoms with Crippen LogP contribution in [-0.2, 0) is 5.54 Å². The average Bonchev–Trinajstić information content (AvgIpc) is 3.18. The van der Waals surface area contributed by atoms with E-state index < -0.39 is 5.54 Å². The molecule has 9 heteroatoms. The summed E-state index contributed by atoms with van der Waals surface area (Å²) in [6.45, 7) is 5.96. The first-order valence-electron chi connectivity index (χ1n) is 13.1. The predicted molar refractivity (Wildman–Crippen MR) is 143 cm³/mol. The molecule has 1 spiro atoms. The molecule has 1 aromatic carbocycles. The van der Waals surface area contributed by atoms with Crippen LogP contribution in [0.4, 0.5) is 20.7 Å². The van der Waals surface area contributed by atoms with Gasteiger partial charge in [-0.05, 0) is 42.5 Å². The summed E-state index contributed by atoms with van der Waals surface area (Å²) in [5.41, 5.74) is 1.73. The van der Waals surface area contributed by atoms with Gasteiger partial charge in [-0.25, -0.2) is 9.18 Å². The number of hydrogen-bond donors (Lipinski definition) is 2. The highest BCUT2D eigenvalue weighted by molar-refractivity contribution is 5.96. The molecule has 8 nitrogen and oxygen atoms in total. The van der Waals surface area contributed by atoms with Crippen molar-refractivity contribution < 1.29 is 18.7 Å². The number of benzene rings is 1. The van der Waals surface area contributed by atoms with Crippen molar-refractivity contribution in [1.29, 1.82) is 0 Å². The Morgan fingerprint density at radius 3 is 2.71 bits per heavy atom. The van der Waals surface area contributed by atoms with Crippen molar-refractivity contribution in [2.75, 3.05) is 37.0 Å². The molecule has 2 N–H and O–H groups in total. The van der Waals surface area contributed by atoms with E-state index in [-0.39, 0.29) is 35.1 Å².